The molecule has 0 aromatic carbocycles. The average molecular weight is 290 g/mol. The Bertz CT molecular complexity index is 362. The number of hydrogen-bond acceptors (Lipinski definition) is 4. The van der Waals surface area contributed by atoms with Gasteiger partial charge in [-0.3, -0.25) is 4.79 Å². The number of hydrogen-bond donors (Lipinski definition) is 2. The molecule has 0 radical (unpaired) electrons. The summed E-state index contributed by atoms with van der Waals surface area (Å²) in [7, 11) is -3.07. The Hall–Kier alpha value is -0.620. The maximum Gasteiger partial charge on any atom is 0.221 e. The minimum Gasteiger partial charge on any atom is -0.355 e. The molecule has 0 spiro atoms. The van der Waals surface area contributed by atoms with Crippen LogP contribution < -0.4 is 10.6 Å². The van der Waals surface area contributed by atoms with E-state index in [0.29, 0.717) is 6.54 Å². The molecule has 1 aliphatic carbocycles. The predicted octanol–water partition coefficient (Wildman–Crippen LogP) is 0.850. The molecule has 1 amide bonds. The van der Waals surface area contributed by atoms with Gasteiger partial charge in [-0.1, -0.05) is 19.8 Å². The Balaban J connectivity index is 2.15. The van der Waals surface area contributed by atoms with Crippen LogP contribution in [0.4, 0.5) is 0 Å². The summed E-state index contributed by atoms with van der Waals surface area (Å²) >= 11 is 0. The molecule has 0 aromatic heterocycles. The fourth-order valence-electron chi connectivity index (χ4n) is 2.33. The van der Waals surface area contributed by atoms with Crippen LogP contribution in [0.2, 0.25) is 0 Å². The van der Waals surface area contributed by atoms with E-state index in [4.69, 9.17) is 0 Å². The first-order valence-corrected chi connectivity index (χ1v) is 8.97. The monoisotopic (exact) mass is 290 g/mol. The summed E-state index contributed by atoms with van der Waals surface area (Å²) in [5, 5.41) is 5.71. The van der Waals surface area contributed by atoms with E-state index in [2.05, 4.69) is 17.6 Å². The van der Waals surface area contributed by atoms with E-state index < -0.39 is 9.84 Å². The van der Waals surface area contributed by atoms with Gasteiger partial charge in [-0.2, -0.15) is 0 Å². The summed E-state index contributed by atoms with van der Waals surface area (Å²) in [6, 6.07) is 0. The fourth-order valence-corrected chi connectivity index (χ4v) is 4.18. The first-order chi connectivity index (χ1) is 9.06. The van der Waals surface area contributed by atoms with E-state index in [-0.39, 0.29) is 23.3 Å². The maximum atomic E-state index is 12.0. The van der Waals surface area contributed by atoms with Crippen LogP contribution in [0.5, 0.6) is 0 Å². The molecule has 1 rings (SSSR count). The molecule has 2 N–H and O–H groups in total. The number of nitrogens with one attached hydrogen (secondary N) is 2. The second kappa shape index (κ2) is 8.53. The highest BCUT2D eigenvalue weighted by Gasteiger charge is 2.28. The second-order valence-electron chi connectivity index (χ2n) is 5.12. The van der Waals surface area contributed by atoms with Crippen molar-refractivity contribution in [2.45, 2.75) is 50.7 Å². The lowest BCUT2D eigenvalue weighted by atomic mass is 10.4. The van der Waals surface area contributed by atoms with Crippen molar-refractivity contribution in [3.63, 3.8) is 0 Å². The Labute approximate surface area is 116 Å². The van der Waals surface area contributed by atoms with Gasteiger partial charge < -0.3 is 10.6 Å². The fraction of sp³-hybridized carbons (Fsp3) is 0.923. The summed E-state index contributed by atoms with van der Waals surface area (Å²) in [4.78, 5) is 11.5. The van der Waals surface area contributed by atoms with Crippen molar-refractivity contribution in [3.8, 4) is 0 Å². The van der Waals surface area contributed by atoms with Crippen LogP contribution in [-0.2, 0) is 14.6 Å². The molecule has 0 unspecified atom stereocenters. The summed E-state index contributed by atoms with van der Waals surface area (Å²) in [6.45, 7) is 4.31. The van der Waals surface area contributed by atoms with Crippen LogP contribution in [0.15, 0.2) is 0 Å². The molecule has 112 valence electrons. The summed E-state index contributed by atoms with van der Waals surface area (Å²) < 4.78 is 23.9. The minimum absolute atomic E-state index is 0.00805. The molecule has 0 atom stereocenters. The molecule has 19 heavy (non-hydrogen) atoms. The standard InChI is InChI=1S/C13H26N2O3S/c1-2-8-14-9-10-15-13(16)7-11-19(17,18)12-5-3-4-6-12/h12,14H,2-11H2,1H3,(H,15,16). The van der Waals surface area contributed by atoms with Gasteiger partial charge >= 0.3 is 0 Å². The highest BCUT2D eigenvalue weighted by Crippen LogP contribution is 2.25. The van der Waals surface area contributed by atoms with Crippen LogP contribution in [0, 0.1) is 0 Å². The summed E-state index contributed by atoms with van der Waals surface area (Å²) in [5.74, 6) is -0.175. The van der Waals surface area contributed by atoms with Crippen molar-refractivity contribution in [1.29, 1.82) is 0 Å². The van der Waals surface area contributed by atoms with Crippen LogP contribution >= 0.6 is 0 Å². The van der Waals surface area contributed by atoms with E-state index >= 15 is 0 Å². The molecular formula is C13H26N2O3S. The molecule has 5 nitrogen and oxygen atoms in total. The summed E-state index contributed by atoms with van der Waals surface area (Å²) in [6.07, 6.45) is 4.69. The van der Waals surface area contributed by atoms with Gasteiger partial charge in [0.2, 0.25) is 5.91 Å². The number of rotatable bonds is 9. The smallest absolute Gasteiger partial charge is 0.221 e. The lowest BCUT2D eigenvalue weighted by Gasteiger charge is -2.11. The van der Waals surface area contributed by atoms with E-state index in [0.717, 1.165) is 45.2 Å². The molecule has 0 bridgehead atoms. The van der Waals surface area contributed by atoms with E-state index in [1.165, 1.54) is 0 Å². The average Bonchev–Trinajstić information content (AvgIpc) is 2.91. The molecule has 6 heteroatoms. The number of carbonyl (C=O) groups excluding carboxylic acids is 1. The van der Waals surface area contributed by atoms with Gasteiger partial charge in [0.15, 0.2) is 9.84 Å². The molecular weight excluding hydrogens is 264 g/mol. The topological polar surface area (TPSA) is 75.3 Å². The Morgan fingerprint density at radius 2 is 1.84 bits per heavy atom. The Kier molecular flexibility index (Phi) is 7.38. The zero-order chi connectivity index (χ0) is 14.1. The lowest BCUT2D eigenvalue weighted by molar-refractivity contribution is -0.120. The van der Waals surface area contributed by atoms with Crippen molar-refractivity contribution in [3.05, 3.63) is 0 Å². The Morgan fingerprint density at radius 3 is 2.47 bits per heavy atom. The quantitative estimate of drug-likeness (QED) is 0.617. The van der Waals surface area contributed by atoms with Crippen LogP contribution in [-0.4, -0.2) is 45.0 Å². The molecule has 0 heterocycles. The van der Waals surface area contributed by atoms with Gasteiger partial charge in [0.1, 0.15) is 0 Å². The number of carbonyl (C=O) groups is 1. The second-order valence-corrected chi connectivity index (χ2v) is 7.52. The molecule has 0 saturated heterocycles. The highest BCUT2D eigenvalue weighted by molar-refractivity contribution is 7.92. The number of amides is 1. The third-order valence-corrected chi connectivity index (χ3v) is 5.73. The highest BCUT2D eigenvalue weighted by atomic mass is 32.2. The normalized spacial score (nSPS) is 16.7. The molecule has 1 aliphatic rings. The van der Waals surface area contributed by atoms with Gasteiger partial charge in [0.05, 0.1) is 11.0 Å². The third kappa shape index (κ3) is 6.38. The summed E-state index contributed by atoms with van der Waals surface area (Å²) in [5.41, 5.74) is 0. The van der Waals surface area contributed by atoms with Gasteiger partial charge in [-0.25, -0.2) is 8.42 Å². The van der Waals surface area contributed by atoms with E-state index in [1.54, 1.807) is 0 Å². The van der Waals surface area contributed by atoms with Crippen LogP contribution in [0.1, 0.15) is 45.4 Å². The predicted molar refractivity (Wildman–Crippen MR) is 76.8 cm³/mol. The van der Waals surface area contributed by atoms with E-state index in [1.807, 2.05) is 0 Å². The van der Waals surface area contributed by atoms with Gasteiger partial charge in [0.25, 0.3) is 0 Å². The SMILES string of the molecule is CCCNCCNC(=O)CCS(=O)(=O)C1CCCC1. The molecule has 1 saturated carbocycles. The lowest BCUT2D eigenvalue weighted by Crippen LogP contribution is -2.33. The van der Waals surface area contributed by atoms with Gasteiger partial charge in [-0.15, -0.1) is 0 Å². The zero-order valence-corrected chi connectivity index (χ0v) is 12.6. The van der Waals surface area contributed by atoms with Crippen molar-refractivity contribution < 1.29 is 13.2 Å². The molecule has 1 fully saturated rings. The third-order valence-electron chi connectivity index (χ3n) is 3.47. The first-order valence-electron chi connectivity index (χ1n) is 7.25. The van der Waals surface area contributed by atoms with Crippen molar-refractivity contribution in [2.24, 2.45) is 0 Å². The maximum absolute atomic E-state index is 12.0. The van der Waals surface area contributed by atoms with Gasteiger partial charge in [0, 0.05) is 19.5 Å². The van der Waals surface area contributed by atoms with Gasteiger partial charge in [-0.05, 0) is 25.8 Å². The van der Waals surface area contributed by atoms with Crippen LogP contribution in [0.3, 0.4) is 0 Å². The first kappa shape index (κ1) is 16.4. The van der Waals surface area contributed by atoms with Crippen molar-refractivity contribution >= 4 is 15.7 Å². The number of sulfone groups is 1. The molecule has 0 aliphatic heterocycles. The molecule has 0 aromatic rings. The van der Waals surface area contributed by atoms with Crippen LogP contribution in [0.25, 0.3) is 0 Å². The zero-order valence-electron chi connectivity index (χ0n) is 11.8. The van der Waals surface area contributed by atoms with Crippen molar-refractivity contribution in [2.75, 3.05) is 25.4 Å². The minimum atomic E-state index is -3.07. The van der Waals surface area contributed by atoms with Crippen molar-refractivity contribution in [1.82, 2.24) is 10.6 Å². The Morgan fingerprint density at radius 1 is 1.16 bits per heavy atom. The largest absolute Gasteiger partial charge is 0.355 e. The van der Waals surface area contributed by atoms with E-state index in [9.17, 15) is 13.2 Å².